The van der Waals surface area contributed by atoms with Gasteiger partial charge in [0.05, 0.1) is 7.11 Å². The Morgan fingerprint density at radius 1 is 0.857 bits per heavy atom. The first kappa shape index (κ1) is 20.5. The lowest BCUT2D eigenvalue weighted by atomic mass is 10.1. The third-order valence-electron chi connectivity index (χ3n) is 4.39. The van der Waals surface area contributed by atoms with Gasteiger partial charge in [-0.2, -0.15) is 0 Å². The minimum atomic E-state index is 0.348. The Kier molecular flexibility index (Phi) is 7.61. The van der Waals surface area contributed by atoms with Crippen LogP contribution in [0, 0.1) is 0 Å². The van der Waals surface area contributed by atoms with Gasteiger partial charge < -0.3 is 14.8 Å². The standard InChI is InChI=1S/C23H23Cl2NO2/c1-27-23-13-18(15-26-12-11-17-5-3-2-4-6-17)7-10-22(23)28-16-19-8-9-20(24)14-21(19)25/h2-10,13-14,26H,11-12,15-16H2,1H3. The lowest BCUT2D eigenvalue weighted by Gasteiger charge is -2.13. The molecule has 0 aromatic heterocycles. The molecular formula is C23H23Cl2NO2. The highest BCUT2D eigenvalue weighted by atomic mass is 35.5. The van der Waals surface area contributed by atoms with Gasteiger partial charge in [-0.1, -0.05) is 65.7 Å². The quantitative estimate of drug-likeness (QED) is 0.440. The van der Waals surface area contributed by atoms with Crippen LogP contribution in [0.25, 0.3) is 0 Å². The minimum Gasteiger partial charge on any atom is -0.493 e. The van der Waals surface area contributed by atoms with Crippen LogP contribution >= 0.6 is 23.2 Å². The predicted molar refractivity (Wildman–Crippen MR) is 116 cm³/mol. The van der Waals surface area contributed by atoms with Crippen LogP contribution in [0.15, 0.2) is 66.7 Å². The highest BCUT2D eigenvalue weighted by molar-refractivity contribution is 6.35. The number of hydrogen-bond acceptors (Lipinski definition) is 3. The molecule has 3 aromatic rings. The summed E-state index contributed by atoms with van der Waals surface area (Å²) in [6.45, 7) is 2.03. The molecule has 0 aliphatic carbocycles. The molecule has 0 radical (unpaired) electrons. The molecule has 0 saturated carbocycles. The van der Waals surface area contributed by atoms with E-state index in [2.05, 4.69) is 29.6 Å². The van der Waals surface area contributed by atoms with E-state index in [1.165, 1.54) is 5.56 Å². The SMILES string of the molecule is COc1cc(CNCCc2ccccc2)ccc1OCc1ccc(Cl)cc1Cl. The first-order valence-electron chi connectivity index (χ1n) is 9.14. The molecule has 0 atom stereocenters. The Balaban J connectivity index is 1.54. The van der Waals surface area contributed by atoms with Crippen molar-refractivity contribution in [3.05, 3.63) is 93.5 Å². The second kappa shape index (κ2) is 10.4. The van der Waals surface area contributed by atoms with Crippen LogP contribution in [0.1, 0.15) is 16.7 Å². The summed E-state index contributed by atoms with van der Waals surface area (Å²) in [6.07, 6.45) is 1.00. The van der Waals surface area contributed by atoms with E-state index in [1.54, 1.807) is 19.2 Å². The summed E-state index contributed by atoms with van der Waals surface area (Å²) in [5.74, 6) is 1.38. The Morgan fingerprint density at radius 3 is 2.43 bits per heavy atom. The van der Waals surface area contributed by atoms with Gasteiger partial charge in [-0.3, -0.25) is 0 Å². The molecule has 28 heavy (non-hydrogen) atoms. The summed E-state index contributed by atoms with van der Waals surface area (Å²) in [5.41, 5.74) is 3.35. The largest absolute Gasteiger partial charge is 0.493 e. The zero-order valence-corrected chi connectivity index (χ0v) is 17.3. The zero-order valence-electron chi connectivity index (χ0n) is 15.8. The Labute approximate surface area is 176 Å². The van der Waals surface area contributed by atoms with Crippen molar-refractivity contribution in [3.63, 3.8) is 0 Å². The molecule has 0 saturated heterocycles. The summed E-state index contributed by atoms with van der Waals surface area (Å²) in [6, 6.07) is 21.8. The first-order valence-corrected chi connectivity index (χ1v) is 9.89. The van der Waals surface area contributed by atoms with Crippen molar-refractivity contribution >= 4 is 23.2 Å². The Morgan fingerprint density at radius 2 is 1.68 bits per heavy atom. The molecule has 1 N–H and O–H groups in total. The molecule has 0 unspecified atom stereocenters. The Bertz CT molecular complexity index is 900. The maximum absolute atomic E-state index is 6.21. The van der Waals surface area contributed by atoms with Crippen LogP contribution in [0.2, 0.25) is 10.0 Å². The van der Waals surface area contributed by atoms with E-state index in [0.29, 0.717) is 28.2 Å². The highest BCUT2D eigenvalue weighted by Gasteiger charge is 2.08. The smallest absolute Gasteiger partial charge is 0.161 e. The molecule has 0 amide bonds. The average molecular weight is 416 g/mol. The van der Waals surface area contributed by atoms with Gasteiger partial charge in [-0.25, -0.2) is 0 Å². The maximum atomic E-state index is 6.21. The first-order chi connectivity index (χ1) is 13.7. The number of ether oxygens (including phenoxy) is 2. The molecule has 3 aromatic carbocycles. The number of halogens is 2. The molecular weight excluding hydrogens is 393 g/mol. The third-order valence-corrected chi connectivity index (χ3v) is 4.98. The highest BCUT2D eigenvalue weighted by Crippen LogP contribution is 2.30. The number of rotatable bonds is 9. The van der Waals surface area contributed by atoms with Crippen LogP contribution in [-0.2, 0) is 19.6 Å². The molecule has 0 aliphatic rings. The molecule has 0 heterocycles. The van der Waals surface area contributed by atoms with Gasteiger partial charge in [0.15, 0.2) is 11.5 Å². The van der Waals surface area contributed by atoms with Crippen LogP contribution in [-0.4, -0.2) is 13.7 Å². The van der Waals surface area contributed by atoms with Crippen LogP contribution in [0.5, 0.6) is 11.5 Å². The molecule has 5 heteroatoms. The van der Waals surface area contributed by atoms with Crippen molar-refractivity contribution in [3.8, 4) is 11.5 Å². The molecule has 3 rings (SSSR count). The minimum absolute atomic E-state index is 0.348. The molecule has 0 spiro atoms. The van der Waals surface area contributed by atoms with Gasteiger partial charge in [0, 0.05) is 22.2 Å². The van der Waals surface area contributed by atoms with Gasteiger partial charge in [-0.15, -0.1) is 0 Å². The monoisotopic (exact) mass is 415 g/mol. The van der Waals surface area contributed by atoms with E-state index in [-0.39, 0.29) is 0 Å². The van der Waals surface area contributed by atoms with Crippen molar-refractivity contribution in [2.75, 3.05) is 13.7 Å². The number of hydrogen-bond donors (Lipinski definition) is 1. The van der Waals surface area contributed by atoms with Crippen molar-refractivity contribution in [2.24, 2.45) is 0 Å². The van der Waals surface area contributed by atoms with Crippen molar-refractivity contribution < 1.29 is 9.47 Å². The molecule has 0 bridgehead atoms. The fraction of sp³-hybridized carbons (Fsp3) is 0.217. The molecule has 0 fully saturated rings. The fourth-order valence-corrected chi connectivity index (χ4v) is 3.31. The van der Waals surface area contributed by atoms with Crippen molar-refractivity contribution in [1.29, 1.82) is 0 Å². The number of methoxy groups -OCH3 is 1. The lowest BCUT2D eigenvalue weighted by Crippen LogP contribution is -2.16. The lowest BCUT2D eigenvalue weighted by molar-refractivity contribution is 0.284. The fourth-order valence-electron chi connectivity index (χ4n) is 2.85. The van der Waals surface area contributed by atoms with E-state index >= 15 is 0 Å². The van der Waals surface area contributed by atoms with Gasteiger partial charge in [0.25, 0.3) is 0 Å². The van der Waals surface area contributed by atoms with Gasteiger partial charge in [-0.05, 0) is 48.4 Å². The summed E-state index contributed by atoms with van der Waals surface area (Å²) >= 11 is 12.1. The zero-order chi connectivity index (χ0) is 19.8. The number of benzene rings is 3. The van der Waals surface area contributed by atoms with Crippen molar-refractivity contribution in [1.82, 2.24) is 5.32 Å². The molecule has 146 valence electrons. The Hall–Kier alpha value is -2.20. The summed E-state index contributed by atoms with van der Waals surface area (Å²) in [7, 11) is 1.64. The van der Waals surface area contributed by atoms with Crippen molar-refractivity contribution in [2.45, 2.75) is 19.6 Å². The second-order valence-electron chi connectivity index (χ2n) is 6.42. The normalized spacial score (nSPS) is 10.7. The van der Waals surface area contributed by atoms with E-state index in [9.17, 15) is 0 Å². The second-order valence-corrected chi connectivity index (χ2v) is 7.27. The van der Waals surface area contributed by atoms with Crippen LogP contribution in [0.4, 0.5) is 0 Å². The maximum Gasteiger partial charge on any atom is 0.161 e. The van der Waals surface area contributed by atoms with Gasteiger partial charge in [0.1, 0.15) is 6.61 Å². The number of nitrogens with one attached hydrogen (secondary N) is 1. The topological polar surface area (TPSA) is 30.5 Å². The summed E-state index contributed by atoms with van der Waals surface area (Å²) in [5, 5.41) is 4.66. The average Bonchev–Trinajstić information content (AvgIpc) is 2.72. The van der Waals surface area contributed by atoms with E-state index in [0.717, 1.165) is 30.6 Å². The van der Waals surface area contributed by atoms with Gasteiger partial charge in [0.2, 0.25) is 0 Å². The summed E-state index contributed by atoms with van der Waals surface area (Å²) in [4.78, 5) is 0. The van der Waals surface area contributed by atoms with E-state index in [4.69, 9.17) is 32.7 Å². The van der Waals surface area contributed by atoms with Gasteiger partial charge >= 0.3 is 0 Å². The third kappa shape index (κ3) is 5.90. The van der Waals surface area contributed by atoms with Crippen LogP contribution < -0.4 is 14.8 Å². The van der Waals surface area contributed by atoms with E-state index < -0.39 is 0 Å². The molecule has 3 nitrogen and oxygen atoms in total. The summed E-state index contributed by atoms with van der Waals surface area (Å²) < 4.78 is 11.4. The van der Waals surface area contributed by atoms with Crippen LogP contribution in [0.3, 0.4) is 0 Å². The predicted octanol–water partition coefficient (Wildman–Crippen LogP) is 5.91. The van der Waals surface area contributed by atoms with E-state index in [1.807, 2.05) is 30.3 Å². The molecule has 0 aliphatic heterocycles.